The smallest absolute Gasteiger partial charge is 0.253 e. The highest BCUT2D eigenvalue weighted by Gasteiger charge is 2.42. The highest BCUT2D eigenvalue weighted by atomic mass is 16.5. The Kier molecular flexibility index (Phi) is 20.1. The number of likely N-dealkylation sites (N-methyl/N-ethyl adjacent to an activating group) is 2. The van der Waals surface area contributed by atoms with Crippen molar-refractivity contribution in [2.45, 2.75) is 114 Å². The van der Waals surface area contributed by atoms with Gasteiger partial charge in [-0.2, -0.15) is 0 Å². The maximum Gasteiger partial charge on any atom is 0.253 e. The zero-order chi connectivity index (χ0) is 53.6. The van der Waals surface area contributed by atoms with Crippen molar-refractivity contribution in [3.63, 3.8) is 0 Å². The molecule has 4 N–H and O–H groups in total. The van der Waals surface area contributed by atoms with Crippen molar-refractivity contribution in [2.75, 3.05) is 79.8 Å². The molecule has 0 saturated carbocycles. The molecule has 4 aromatic carbocycles. The van der Waals surface area contributed by atoms with Gasteiger partial charge in [-0.1, -0.05) is 72.8 Å². The average molecular weight is 1040 g/mol. The summed E-state index contributed by atoms with van der Waals surface area (Å²) in [4.78, 5) is 93.0. The minimum Gasteiger partial charge on any atom is -0.381 e. The lowest BCUT2D eigenvalue weighted by Crippen LogP contribution is -2.58. The standard InChI is InChI=1S/C60H80N8O8/c1-41(61-3)55(69)63-53(45-25-33-75-34-26-45)59(73)67-29-11-17-51(67)39-65(31-23-43-13-7-5-8-14-43)57(71)49-21-19-48-38-50(22-20-47(48)37-49)58(72)66(32-24-44-15-9-6-10-16-44)40-52-18-12-30-68(52)60(74)54(46-27-35-76-36-28-46)64-56(70)42(2)62-4/h5-10,13-16,19-22,37-38,41-42,45-46,51-54,61-62H,11-12,17-18,23-36,39-40H2,1-4H3,(H,63,69)(H,64,70)/t41-,42-,51-,52+,53-,54-/m0/s1. The van der Waals surface area contributed by atoms with Gasteiger partial charge in [0.05, 0.1) is 12.1 Å². The van der Waals surface area contributed by atoms with Crippen LogP contribution in [0.25, 0.3) is 10.8 Å². The van der Waals surface area contributed by atoms with Gasteiger partial charge in [0.15, 0.2) is 0 Å². The molecule has 0 unspecified atom stereocenters. The van der Waals surface area contributed by atoms with Crippen LogP contribution in [-0.4, -0.2) is 171 Å². The van der Waals surface area contributed by atoms with Crippen molar-refractivity contribution < 1.29 is 38.2 Å². The molecule has 4 aliphatic rings. The number of ether oxygens (including phenoxy) is 2. The van der Waals surface area contributed by atoms with E-state index >= 15 is 0 Å². The van der Waals surface area contributed by atoms with E-state index in [1.54, 1.807) is 27.9 Å². The molecule has 0 bridgehead atoms. The SMILES string of the molecule is CN[C@@H](C)C(=O)N[C@H](C(=O)N1CCC[C@@H]1CN(CCc1ccccc1)C(=O)c1ccc2cc(C(=O)N(CCc3ccccc3)C[C@@H]3CCCN3C(=O)[C@@H](NC(=O)[C@H](C)NC)C3CCOCC3)ccc2c1)C1CCOCC1. The first-order valence-electron chi connectivity index (χ1n) is 27.8. The third-order valence-electron chi connectivity index (χ3n) is 16.4. The minimum atomic E-state index is -0.691. The normalized spacial score (nSPS) is 19.9. The Morgan fingerprint density at radius 2 is 0.921 bits per heavy atom. The number of amides is 6. The summed E-state index contributed by atoms with van der Waals surface area (Å²) < 4.78 is 11.3. The van der Waals surface area contributed by atoms with E-state index in [1.807, 2.05) is 92.4 Å². The van der Waals surface area contributed by atoms with Crippen LogP contribution in [0.4, 0.5) is 0 Å². The van der Waals surface area contributed by atoms with E-state index in [9.17, 15) is 28.8 Å². The molecule has 4 saturated heterocycles. The maximum absolute atomic E-state index is 14.9. The number of nitrogens with one attached hydrogen (secondary N) is 4. The molecule has 0 aromatic heterocycles. The summed E-state index contributed by atoms with van der Waals surface area (Å²) in [6, 6.07) is 28.6. The molecule has 4 fully saturated rings. The van der Waals surface area contributed by atoms with Crippen molar-refractivity contribution in [3.05, 3.63) is 119 Å². The average Bonchev–Trinajstić information content (AvgIpc) is 4.15. The Labute approximate surface area is 449 Å². The van der Waals surface area contributed by atoms with Gasteiger partial charge in [-0.05, 0) is 150 Å². The van der Waals surface area contributed by atoms with E-state index in [1.165, 1.54) is 0 Å². The Balaban J connectivity index is 1.01. The van der Waals surface area contributed by atoms with Gasteiger partial charge < -0.3 is 50.3 Å². The molecule has 8 rings (SSSR count). The highest BCUT2D eigenvalue weighted by molar-refractivity contribution is 6.02. The van der Waals surface area contributed by atoms with Gasteiger partial charge in [-0.3, -0.25) is 28.8 Å². The van der Waals surface area contributed by atoms with E-state index in [0.717, 1.165) is 47.6 Å². The lowest BCUT2D eigenvalue weighted by Gasteiger charge is -2.37. The van der Waals surface area contributed by atoms with Crippen LogP contribution in [0, 0.1) is 11.8 Å². The number of nitrogens with zero attached hydrogens (tertiary/aromatic N) is 4. The first-order valence-corrected chi connectivity index (χ1v) is 27.8. The largest absolute Gasteiger partial charge is 0.381 e. The van der Waals surface area contributed by atoms with Gasteiger partial charge >= 0.3 is 0 Å². The molecule has 6 atom stereocenters. The molecular formula is C60H80N8O8. The first kappa shape index (κ1) is 56.0. The number of hydrogen-bond donors (Lipinski definition) is 4. The predicted molar refractivity (Wildman–Crippen MR) is 294 cm³/mol. The van der Waals surface area contributed by atoms with Crippen LogP contribution in [0.1, 0.15) is 97.1 Å². The number of likely N-dealkylation sites (tertiary alicyclic amines) is 2. The molecule has 4 aromatic rings. The van der Waals surface area contributed by atoms with E-state index in [4.69, 9.17) is 9.47 Å². The molecule has 16 nitrogen and oxygen atoms in total. The Morgan fingerprint density at radius 1 is 0.539 bits per heavy atom. The van der Waals surface area contributed by atoms with Gasteiger partial charge in [0.2, 0.25) is 23.6 Å². The van der Waals surface area contributed by atoms with Crippen molar-refractivity contribution >= 4 is 46.2 Å². The van der Waals surface area contributed by atoms with Gasteiger partial charge in [0, 0.05) is 88.9 Å². The van der Waals surface area contributed by atoms with Gasteiger partial charge in [0.1, 0.15) is 12.1 Å². The van der Waals surface area contributed by atoms with Crippen molar-refractivity contribution in [3.8, 4) is 0 Å². The fourth-order valence-corrected chi connectivity index (χ4v) is 11.4. The summed E-state index contributed by atoms with van der Waals surface area (Å²) in [6.07, 6.45) is 7.02. The van der Waals surface area contributed by atoms with Crippen LogP contribution in [0.2, 0.25) is 0 Å². The molecule has 408 valence electrons. The maximum atomic E-state index is 14.9. The second kappa shape index (κ2) is 27.2. The number of hydrogen-bond acceptors (Lipinski definition) is 10. The van der Waals surface area contributed by atoms with Crippen LogP contribution in [0.15, 0.2) is 97.1 Å². The number of carbonyl (C=O) groups excluding carboxylic acids is 6. The van der Waals surface area contributed by atoms with Crippen molar-refractivity contribution in [1.82, 2.24) is 40.9 Å². The zero-order valence-electron chi connectivity index (χ0n) is 45.1. The monoisotopic (exact) mass is 1040 g/mol. The third-order valence-corrected chi connectivity index (χ3v) is 16.4. The molecule has 0 spiro atoms. The van der Waals surface area contributed by atoms with Crippen LogP contribution in [0.5, 0.6) is 0 Å². The topological polar surface area (TPSA) is 182 Å². The molecule has 0 aliphatic carbocycles. The van der Waals surface area contributed by atoms with E-state index in [2.05, 4.69) is 45.5 Å². The molecular weight excluding hydrogens is 961 g/mol. The van der Waals surface area contributed by atoms with Crippen molar-refractivity contribution in [2.24, 2.45) is 11.8 Å². The van der Waals surface area contributed by atoms with Crippen LogP contribution >= 0.6 is 0 Å². The van der Waals surface area contributed by atoms with Gasteiger partial charge in [0.25, 0.3) is 11.8 Å². The van der Waals surface area contributed by atoms with E-state index < -0.39 is 24.2 Å². The number of carbonyl (C=O) groups is 6. The molecule has 4 heterocycles. The fraction of sp³-hybridized carbons (Fsp3) is 0.533. The minimum absolute atomic E-state index is 0.0556. The summed E-state index contributed by atoms with van der Waals surface area (Å²) in [6.45, 7) is 8.37. The molecule has 16 heteroatoms. The Hall–Kier alpha value is -6.20. The summed E-state index contributed by atoms with van der Waals surface area (Å²) in [5.41, 5.74) is 3.22. The summed E-state index contributed by atoms with van der Waals surface area (Å²) in [7, 11) is 3.45. The quantitative estimate of drug-likeness (QED) is 0.0815. The summed E-state index contributed by atoms with van der Waals surface area (Å²) in [5, 5.41) is 13.8. The van der Waals surface area contributed by atoms with Crippen LogP contribution in [0.3, 0.4) is 0 Å². The second-order valence-corrected chi connectivity index (χ2v) is 21.3. The summed E-state index contributed by atoms with van der Waals surface area (Å²) in [5.74, 6) is -1.06. The lowest BCUT2D eigenvalue weighted by molar-refractivity contribution is -0.140. The fourth-order valence-electron chi connectivity index (χ4n) is 11.4. The third kappa shape index (κ3) is 14.2. The Morgan fingerprint density at radius 3 is 1.29 bits per heavy atom. The molecule has 0 radical (unpaired) electrons. The number of benzene rings is 4. The van der Waals surface area contributed by atoms with Crippen LogP contribution < -0.4 is 21.3 Å². The van der Waals surface area contributed by atoms with E-state index in [0.29, 0.717) is 115 Å². The Bertz CT molecular complexity index is 2410. The van der Waals surface area contributed by atoms with Crippen molar-refractivity contribution in [1.29, 1.82) is 0 Å². The lowest BCUT2D eigenvalue weighted by atomic mass is 9.90. The number of fused-ring (bicyclic) bond motifs is 1. The molecule has 76 heavy (non-hydrogen) atoms. The number of rotatable bonds is 22. The van der Waals surface area contributed by atoms with Gasteiger partial charge in [-0.15, -0.1) is 0 Å². The van der Waals surface area contributed by atoms with Gasteiger partial charge in [-0.25, -0.2) is 0 Å². The van der Waals surface area contributed by atoms with E-state index in [-0.39, 0.29) is 59.4 Å². The molecule has 4 aliphatic heterocycles. The highest BCUT2D eigenvalue weighted by Crippen LogP contribution is 2.29. The first-order chi connectivity index (χ1) is 36.9. The molecule has 6 amide bonds. The zero-order valence-corrected chi connectivity index (χ0v) is 45.1. The predicted octanol–water partition coefficient (Wildman–Crippen LogP) is 5.23. The summed E-state index contributed by atoms with van der Waals surface area (Å²) >= 11 is 0. The second-order valence-electron chi connectivity index (χ2n) is 21.3. The van der Waals surface area contributed by atoms with Crippen LogP contribution in [-0.2, 0) is 41.5 Å².